The SMILES string of the molecule is C[CH]C.[CH2]CCCCCCCCCCCCCCCCC. The first kappa shape index (κ1) is 23.3. The highest BCUT2D eigenvalue weighted by Crippen LogP contribution is 2.13. The van der Waals surface area contributed by atoms with E-state index in [1.165, 1.54) is 96.3 Å². The van der Waals surface area contributed by atoms with Gasteiger partial charge in [0.1, 0.15) is 0 Å². The topological polar surface area (TPSA) is 0 Å². The smallest absolute Gasteiger partial charge is 0.0448 e. The Hall–Kier alpha value is 0. The molecule has 0 bridgehead atoms. The van der Waals surface area contributed by atoms with E-state index in [1.54, 1.807) is 0 Å². The van der Waals surface area contributed by atoms with E-state index in [0.717, 1.165) is 6.42 Å². The Morgan fingerprint density at radius 3 is 1.00 bits per heavy atom. The minimum absolute atomic E-state index is 1.12. The average Bonchev–Trinajstić information content (AvgIpc) is 2.48. The van der Waals surface area contributed by atoms with Crippen molar-refractivity contribution < 1.29 is 0 Å². The Morgan fingerprint density at radius 2 is 0.762 bits per heavy atom. The van der Waals surface area contributed by atoms with Gasteiger partial charge in [-0.2, -0.15) is 0 Å². The fourth-order valence-electron chi connectivity index (χ4n) is 2.55. The predicted molar refractivity (Wildman–Crippen MR) is 101 cm³/mol. The van der Waals surface area contributed by atoms with Crippen LogP contribution in [-0.4, -0.2) is 0 Å². The third kappa shape index (κ3) is 28.8. The Kier molecular flexibility index (Phi) is 27.7. The van der Waals surface area contributed by atoms with E-state index in [9.17, 15) is 0 Å². The van der Waals surface area contributed by atoms with Crippen LogP contribution in [-0.2, 0) is 0 Å². The maximum Gasteiger partial charge on any atom is -0.0448 e. The monoisotopic (exact) mass is 296 g/mol. The molecule has 2 radical (unpaired) electrons. The lowest BCUT2D eigenvalue weighted by atomic mass is 10.0. The molecule has 0 spiro atoms. The Labute approximate surface area is 137 Å². The fraction of sp³-hybridized carbons (Fsp3) is 0.905. The molecule has 0 aliphatic carbocycles. The summed E-state index contributed by atoms with van der Waals surface area (Å²) in [6.45, 7) is 10.2. The lowest BCUT2D eigenvalue weighted by molar-refractivity contribution is 0.533. The first-order valence-corrected chi connectivity index (χ1v) is 9.86. The zero-order valence-corrected chi connectivity index (χ0v) is 15.6. The lowest BCUT2D eigenvalue weighted by Crippen LogP contribution is -1.83. The fourth-order valence-corrected chi connectivity index (χ4v) is 2.55. The minimum Gasteiger partial charge on any atom is -0.0654 e. The molecule has 0 unspecified atom stereocenters. The van der Waals surface area contributed by atoms with Crippen LogP contribution < -0.4 is 0 Å². The molecule has 0 saturated carbocycles. The molecule has 0 saturated heterocycles. The van der Waals surface area contributed by atoms with Crippen LogP contribution in [0.25, 0.3) is 0 Å². The van der Waals surface area contributed by atoms with Crippen LogP contribution in [0.1, 0.15) is 124 Å². The maximum absolute atomic E-state index is 3.88. The van der Waals surface area contributed by atoms with E-state index >= 15 is 0 Å². The predicted octanol–water partition coefficient (Wildman–Crippen LogP) is 8.31. The molecule has 0 heterocycles. The van der Waals surface area contributed by atoms with Crippen LogP contribution >= 0.6 is 0 Å². The molecular weight excluding hydrogens is 252 g/mol. The summed E-state index contributed by atoms with van der Waals surface area (Å²) in [7, 11) is 0. The molecular formula is C21H44. The second-order valence-corrected chi connectivity index (χ2v) is 6.38. The number of unbranched alkanes of at least 4 members (excludes halogenated alkanes) is 15. The van der Waals surface area contributed by atoms with Crippen LogP contribution in [0.2, 0.25) is 0 Å². The summed E-state index contributed by atoms with van der Waals surface area (Å²) >= 11 is 0. The summed E-state index contributed by atoms with van der Waals surface area (Å²) in [5.41, 5.74) is 0. The van der Waals surface area contributed by atoms with Crippen molar-refractivity contribution in [2.45, 2.75) is 124 Å². The number of hydrogen-bond acceptors (Lipinski definition) is 0. The minimum atomic E-state index is 1.12. The van der Waals surface area contributed by atoms with E-state index in [0.29, 0.717) is 0 Å². The Balaban J connectivity index is 0. The number of rotatable bonds is 15. The molecule has 0 aliphatic heterocycles. The van der Waals surface area contributed by atoms with Gasteiger partial charge >= 0.3 is 0 Å². The second kappa shape index (κ2) is 25.0. The molecule has 0 amide bonds. The highest BCUT2D eigenvalue weighted by atomic mass is 14.0. The van der Waals surface area contributed by atoms with Crippen molar-refractivity contribution in [1.29, 1.82) is 0 Å². The van der Waals surface area contributed by atoms with Gasteiger partial charge in [-0.25, -0.2) is 0 Å². The van der Waals surface area contributed by atoms with Crippen molar-refractivity contribution in [2.24, 2.45) is 0 Å². The van der Waals surface area contributed by atoms with Crippen molar-refractivity contribution in [3.05, 3.63) is 13.3 Å². The van der Waals surface area contributed by atoms with E-state index in [4.69, 9.17) is 0 Å². The van der Waals surface area contributed by atoms with Gasteiger partial charge in [0, 0.05) is 0 Å². The molecule has 0 aromatic heterocycles. The number of hydrogen-bond donors (Lipinski definition) is 0. The van der Waals surface area contributed by atoms with E-state index in [-0.39, 0.29) is 0 Å². The highest BCUT2D eigenvalue weighted by Gasteiger charge is 1.93. The summed E-state index contributed by atoms with van der Waals surface area (Å²) < 4.78 is 0. The summed E-state index contributed by atoms with van der Waals surface area (Å²) in [5, 5.41) is 0. The van der Waals surface area contributed by atoms with Crippen LogP contribution in [0.15, 0.2) is 0 Å². The normalized spacial score (nSPS) is 10.3. The average molecular weight is 297 g/mol. The summed E-state index contributed by atoms with van der Waals surface area (Å²) in [4.78, 5) is 0. The van der Waals surface area contributed by atoms with E-state index < -0.39 is 0 Å². The molecule has 128 valence electrons. The zero-order valence-electron chi connectivity index (χ0n) is 15.6. The molecule has 21 heavy (non-hydrogen) atoms. The van der Waals surface area contributed by atoms with Crippen molar-refractivity contribution in [3.8, 4) is 0 Å². The summed E-state index contributed by atoms with van der Waals surface area (Å²) in [5.74, 6) is 0. The van der Waals surface area contributed by atoms with E-state index in [1.807, 2.05) is 20.3 Å². The Bertz CT molecular complexity index is 123. The molecule has 0 heteroatoms. The molecule has 0 aromatic rings. The van der Waals surface area contributed by atoms with Crippen LogP contribution in [0.3, 0.4) is 0 Å². The lowest BCUT2D eigenvalue weighted by Gasteiger charge is -2.03. The molecule has 0 aliphatic rings. The van der Waals surface area contributed by atoms with Gasteiger partial charge in [0.25, 0.3) is 0 Å². The zero-order chi connectivity index (χ0) is 16.0. The van der Waals surface area contributed by atoms with Crippen LogP contribution in [0, 0.1) is 13.3 Å². The van der Waals surface area contributed by atoms with Gasteiger partial charge < -0.3 is 0 Å². The second-order valence-electron chi connectivity index (χ2n) is 6.38. The van der Waals surface area contributed by atoms with Crippen molar-refractivity contribution in [2.75, 3.05) is 0 Å². The first-order chi connectivity index (χ1) is 10.3. The molecule has 0 rings (SSSR count). The van der Waals surface area contributed by atoms with Gasteiger partial charge in [0.2, 0.25) is 0 Å². The molecule has 0 aromatic carbocycles. The van der Waals surface area contributed by atoms with Crippen molar-refractivity contribution in [1.82, 2.24) is 0 Å². The molecule has 0 atom stereocenters. The highest BCUT2D eigenvalue weighted by molar-refractivity contribution is 4.50. The van der Waals surface area contributed by atoms with Gasteiger partial charge in [-0.1, -0.05) is 130 Å². The Morgan fingerprint density at radius 1 is 0.524 bits per heavy atom. The first-order valence-electron chi connectivity index (χ1n) is 9.86. The van der Waals surface area contributed by atoms with Gasteiger partial charge in [-0.3, -0.25) is 0 Å². The summed E-state index contributed by atoms with van der Waals surface area (Å²) in [6.07, 6.45) is 24.8. The van der Waals surface area contributed by atoms with Crippen molar-refractivity contribution in [3.63, 3.8) is 0 Å². The largest absolute Gasteiger partial charge is 0.0654 e. The molecule has 0 fully saturated rings. The standard InChI is InChI=1S/C18H37.C3H7/c1-3-5-7-9-11-13-15-17-18-16-14-12-10-8-6-4-2;1-3-2/h1,3-18H2,2H3;3H,1-2H3. The van der Waals surface area contributed by atoms with E-state index in [2.05, 4.69) is 13.8 Å². The van der Waals surface area contributed by atoms with Gasteiger partial charge in [0.05, 0.1) is 0 Å². The summed E-state index contributed by atoms with van der Waals surface area (Å²) in [6, 6.07) is 0. The van der Waals surface area contributed by atoms with Gasteiger partial charge in [0.15, 0.2) is 0 Å². The quantitative estimate of drug-likeness (QED) is 0.266. The molecule has 0 nitrogen and oxygen atoms in total. The molecule has 0 N–H and O–H groups in total. The van der Waals surface area contributed by atoms with Gasteiger partial charge in [-0.15, -0.1) is 0 Å². The maximum atomic E-state index is 3.88. The van der Waals surface area contributed by atoms with Crippen LogP contribution in [0.5, 0.6) is 0 Å². The third-order valence-corrected chi connectivity index (χ3v) is 3.85. The third-order valence-electron chi connectivity index (χ3n) is 3.85. The van der Waals surface area contributed by atoms with Crippen molar-refractivity contribution >= 4 is 0 Å². The van der Waals surface area contributed by atoms with Gasteiger partial charge in [-0.05, 0) is 6.42 Å². The van der Waals surface area contributed by atoms with Crippen LogP contribution in [0.4, 0.5) is 0 Å².